The second-order valence-electron chi connectivity index (χ2n) is 10.7. The van der Waals surface area contributed by atoms with Crippen molar-refractivity contribution in [3.05, 3.63) is 29.0 Å². The van der Waals surface area contributed by atoms with Crippen molar-refractivity contribution in [2.45, 2.75) is 91.0 Å². The van der Waals surface area contributed by atoms with Crippen LogP contribution in [-0.4, -0.2) is 51.5 Å². The Morgan fingerprint density at radius 2 is 1.72 bits per heavy atom. The molecule has 0 spiro atoms. The molecular weight excluding hydrogens is 482 g/mol. The molecule has 3 N–H and O–H groups in total. The van der Waals surface area contributed by atoms with Gasteiger partial charge in [-0.3, -0.25) is 14.6 Å². The predicted octanol–water partition coefficient (Wildman–Crippen LogP) is 4.87. The van der Waals surface area contributed by atoms with Gasteiger partial charge in [0.1, 0.15) is 22.3 Å². The monoisotopic (exact) mass is 517 g/mol. The summed E-state index contributed by atoms with van der Waals surface area (Å²) in [5.41, 5.74) is 1.70. The molecule has 0 aliphatic heterocycles. The summed E-state index contributed by atoms with van der Waals surface area (Å²) in [6.07, 6.45) is 4.05. The Balaban J connectivity index is 1.63. The molecule has 2 amide bonds. The molecule has 1 fully saturated rings. The van der Waals surface area contributed by atoms with E-state index in [1.165, 1.54) is 6.92 Å². The van der Waals surface area contributed by atoms with Crippen LogP contribution in [-0.2, 0) is 9.53 Å². The van der Waals surface area contributed by atoms with Gasteiger partial charge in [0.25, 0.3) is 0 Å². The van der Waals surface area contributed by atoms with Gasteiger partial charge in [0, 0.05) is 18.3 Å². The zero-order chi connectivity index (χ0) is 26.6. The topological polar surface area (TPSA) is 122 Å². The van der Waals surface area contributed by atoms with Crippen molar-refractivity contribution in [1.29, 1.82) is 0 Å². The Hall–Kier alpha value is -2.94. The first-order chi connectivity index (χ1) is 16.8. The van der Waals surface area contributed by atoms with Crippen LogP contribution in [0.1, 0.15) is 77.6 Å². The average Bonchev–Trinajstić information content (AvgIpc) is 2.77. The van der Waals surface area contributed by atoms with Crippen molar-refractivity contribution in [3.8, 4) is 0 Å². The number of fused-ring (bicyclic) bond motifs is 1. The van der Waals surface area contributed by atoms with Crippen LogP contribution < -0.4 is 16.0 Å². The van der Waals surface area contributed by atoms with Crippen LogP contribution in [0.3, 0.4) is 0 Å². The maximum Gasteiger partial charge on any atom is 0.408 e. The summed E-state index contributed by atoms with van der Waals surface area (Å²) in [5.74, 6) is -0.420. The Bertz CT molecular complexity index is 1120. The molecule has 2 aromatic rings. The maximum absolute atomic E-state index is 13.0. The number of nitrogens with zero attached hydrogens (tertiary/aromatic N) is 2. The molecule has 0 bridgehead atoms. The average molecular weight is 518 g/mol. The third-order valence-corrected chi connectivity index (χ3v) is 6.31. The van der Waals surface area contributed by atoms with Gasteiger partial charge in [0.2, 0.25) is 5.91 Å². The fraction of sp³-hybridized carbons (Fsp3) is 0.577. The number of rotatable bonds is 7. The SMILES string of the molecule is CC(=O)c1cnc2ccc(Cl)nc2c1NC1CCC(NC(=O)C(NC(=O)OC(C)(C)C)C(C)C)CC1. The van der Waals surface area contributed by atoms with Crippen molar-refractivity contribution in [1.82, 2.24) is 20.6 Å². The van der Waals surface area contributed by atoms with E-state index in [1.54, 1.807) is 39.1 Å². The van der Waals surface area contributed by atoms with E-state index in [0.717, 1.165) is 25.7 Å². The number of Topliss-reactive ketones (excluding diaryl/α,β-unsaturated/α-hetero) is 1. The number of halogens is 1. The van der Waals surface area contributed by atoms with Gasteiger partial charge in [-0.05, 0) is 71.4 Å². The molecule has 0 aromatic carbocycles. The molecule has 2 heterocycles. The fourth-order valence-electron chi connectivity index (χ4n) is 4.30. The first-order valence-corrected chi connectivity index (χ1v) is 12.7. The summed E-state index contributed by atoms with van der Waals surface area (Å²) in [7, 11) is 0. The van der Waals surface area contributed by atoms with Gasteiger partial charge in [-0.2, -0.15) is 0 Å². The van der Waals surface area contributed by atoms with Gasteiger partial charge in [-0.15, -0.1) is 0 Å². The van der Waals surface area contributed by atoms with Gasteiger partial charge in [0.15, 0.2) is 5.78 Å². The molecule has 1 atom stereocenters. The predicted molar refractivity (Wildman–Crippen MR) is 140 cm³/mol. The largest absolute Gasteiger partial charge is 0.444 e. The fourth-order valence-corrected chi connectivity index (χ4v) is 4.45. The summed E-state index contributed by atoms with van der Waals surface area (Å²) in [4.78, 5) is 46.2. The van der Waals surface area contributed by atoms with E-state index in [9.17, 15) is 14.4 Å². The summed E-state index contributed by atoms with van der Waals surface area (Å²) in [6.45, 7) is 10.6. The molecule has 0 saturated heterocycles. The van der Waals surface area contributed by atoms with Crippen LogP contribution in [0.4, 0.5) is 10.5 Å². The van der Waals surface area contributed by atoms with Gasteiger partial charge in [-0.25, -0.2) is 9.78 Å². The lowest BCUT2D eigenvalue weighted by atomic mass is 9.90. The highest BCUT2D eigenvalue weighted by Crippen LogP contribution is 2.30. The number of hydrogen-bond acceptors (Lipinski definition) is 7. The van der Waals surface area contributed by atoms with Crippen molar-refractivity contribution in [2.75, 3.05) is 5.32 Å². The first kappa shape index (κ1) is 27.6. The molecule has 3 rings (SSSR count). The molecule has 1 aliphatic rings. The highest BCUT2D eigenvalue weighted by Gasteiger charge is 2.30. The lowest BCUT2D eigenvalue weighted by molar-refractivity contribution is -0.125. The molecule has 10 heteroatoms. The third-order valence-electron chi connectivity index (χ3n) is 6.10. The number of hydrogen-bond donors (Lipinski definition) is 3. The number of aromatic nitrogens is 2. The Labute approximate surface area is 217 Å². The van der Waals surface area contributed by atoms with Gasteiger partial charge < -0.3 is 20.7 Å². The second kappa shape index (κ2) is 11.4. The minimum Gasteiger partial charge on any atom is -0.444 e. The Kier molecular flexibility index (Phi) is 8.76. The number of ether oxygens (including phenoxy) is 1. The summed E-state index contributed by atoms with van der Waals surface area (Å²) in [5, 5.41) is 9.62. The standard InChI is InChI=1S/C26H36ClN5O4/c1-14(2)21(32-25(35)36-26(4,5)6)24(34)30-17-9-7-16(8-10-17)29-22-18(15(3)33)13-28-19-11-12-20(27)31-23(19)22/h11-14,16-17,21H,7-10H2,1-6H3,(H,28,29)(H,30,34)(H,32,35). The van der Waals surface area contributed by atoms with Crippen LogP contribution in [0.25, 0.3) is 11.0 Å². The van der Waals surface area contributed by atoms with Crippen LogP contribution in [0.2, 0.25) is 5.15 Å². The second-order valence-corrected chi connectivity index (χ2v) is 11.1. The van der Waals surface area contributed by atoms with Crippen molar-refractivity contribution < 1.29 is 19.1 Å². The molecule has 9 nitrogen and oxygen atoms in total. The molecule has 1 aliphatic carbocycles. The lowest BCUT2D eigenvalue weighted by Gasteiger charge is -2.32. The van der Waals surface area contributed by atoms with Crippen molar-refractivity contribution in [2.24, 2.45) is 5.92 Å². The van der Waals surface area contributed by atoms with Crippen LogP contribution in [0.15, 0.2) is 18.3 Å². The molecule has 1 saturated carbocycles. The van der Waals surface area contributed by atoms with Gasteiger partial charge in [-0.1, -0.05) is 25.4 Å². The summed E-state index contributed by atoms with van der Waals surface area (Å²) < 4.78 is 5.31. The van der Waals surface area contributed by atoms with Crippen molar-refractivity contribution >= 4 is 46.1 Å². The maximum atomic E-state index is 13.0. The number of anilines is 1. The van der Waals surface area contributed by atoms with Crippen molar-refractivity contribution in [3.63, 3.8) is 0 Å². The van der Waals surface area contributed by atoms with E-state index in [0.29, 0.717) is 27.4 Å². The van der Waals surface area contributed by atoms with Gasteiger partial charge in [0.05, 0.1) is 16.8 Å². The van der Waals surface area contributed by atoms with Gasteiger partial charge >= 0.3 is 6.09 Å². The highest BCUT2D eigenvalue weighted by molar-refractivity contribution is 6.30. The molecule has 36 heavy (non-hydrogen) atoms. The zero-order valence-electron chi connectivity index (χ0n) is 21.8. The molecular formula is C26H36ClN5O4. The van der Waals surface area contributed by atoms with E-state index >= 15 is 0 Å². The van der Waals surface area contributed by atoms with E-state index in [4.69, 9.17) is 16.3 Å². The Morgan fingerprint density at radius 3 is 2.31 bits per heavy atom. The van der Waals surface area contributed by atoms with Crippen LogP contribution in [0, 0.1) is 5.92 Å². The lowest BCUT2D eigenvalue weighted by Crippen LogP contribution is -2.53. The first-order valence-electron chi connectivity index (χ1n) is 12.4. The van der Waals surface area contributed by atoms with E-state index in [-0.39, 0.29) is 29.7 Å². The number of carbonyl (C=O) groups excluding carboxylic acids is 3. The van der Waals surface area contributed by atoms with Crippen LogP contribution in [0.5, 0.6) is 0 Å². The van der Waals surface area contributed by atoms with E-state index in [2.05, 4.69) is 25.9 Å². The zero-order valence-corrected chi connectivity index (χ0v) is 22.5. The number of carbonyl (C=O) groups is 3. The summed E-state index contributed by atoms with van der Waals surface area (Å²) in [6, 6.07) is 2.86. The smallest absolute Gasteiger partial charge is 0.408 e. The minimum absolute atomic E-state index is 0.00809. The quantitative estimate of drug-likeness (QED) is 0.353. The molecule has 0 radical (unpaired) electrons. The third kappa shape index (κ3) is 7.29. The number of nitrogens with one attached hydrogen (secondary N) is 3. The number of pyridine rings is 2. The van der Waals surface area contributed by atoms with E-state index < -0.39 is 17.7 Å². The Morgan fingerprint density at radius 1 is 1.08 bits per heavy atom. The number of amides is 2. The molecule has 2 aromatic heterocycles. The van der Waals surface area contributed by atoms with Crippen LogP contribution >= 0.6 is 11.6 Å². The van der Waals surface area contributed by atoms with E-state index in [1.807, 2.05) is 13.8 Å². The number of ketones is 1. The number of alkyl carbamates (subject to hydrolysis) is 1. The molecule has 196 valence electrons. The highest BCUT2D eigenvalue weighted by atomic mass is 35.5. The normalized spacial score (nSPS) is 19.0. The minimum atomic E-state index is -0.687. The summed E-state index contributed by atoms with van der Waals surface area (Å²) >= 11 is 6.12. The molecule has 1 unspecified atom stereocenters.